The number of aromatic nitrogens is 2. The van der Waals surface area contributed by atoms with E-state index in [1.807, 2.05) is 55.6 Å². The zero-order valence-electron chi connectivity index (χ0n) is 18.7. The first-order valence-electron chi connectivity index (χ1n) is 10.0. The first-order valence-corrected chi connectivity index (χ1v) is 12.4. The lowest BCUT2D eigenvalue weighted by atomic mass is 10.1. The Balaban J connectivity index is 0.00000306. The molecule has 0 spiro atoms. The SMILES string of the molecule is CSc1ccc2nc(N(CCN(C)C)C(=O)c3c(-c4ccccc4Cl)noc3C)sc2c1.Cl. The predicted molar refractivity (Wildman–Crippen MR) is 141 cm³/mol. The Kier molecular flexibility index (Phi) is 8.42. The van der Waals surface area contributed by atoms with Crippen molar-refractivity contribution in [3.63, 3.8) is 0 Å². The summed E-state index contributed by atoms with van der Waals surface area (Å²) in [5.74, 6) is 0.246. The minimum absolute atomic E-state index is 0. The van der Waals surface area contributed by atoms with Gasteiger partial charge < -0.3 is 9.42 Å². The largest absolute Gasteiger partial charge is 0.360 e. The maximum Gasteiger partial charge on any atom is 0.266 e. The van der Waals surface area contributed by atoms with E-state index in [4.69, 9.17) is 21.1 Å². The van der Waals surface area contributed by atoms with Crippen LogP contribution in [0.3, 0.4) is 0 Å². The predicted octanol–water partition coefficient (Wildman–Crippen LogP) is 6.27. The maximum atomic E-state index is 13.9. The van der Waals surface area contributed by atoms with Crippen LogP contribution in [0, 0.1) is 6.92 Å². The van der Waals surface area contributed by atoms with Crippen LogP contribution in [0.1, 0.15) is 16.1 Å². The molecule has 0 N–H and O–H groups in total. The van der Waals surface area contributed by atoms with E-state index in [-0.39, 0.29) is 18.3 Å². The van der Waals surface area contributed by atoms with Gasteiger partial charge in [0.25, 0.3) is 5.91 Å². The van der Waals surface area contributed by atoms with Crippen molar-refractivity contribution in [2.75, 3.05) is 38.3 Å². The Morgan fingerprint density at radius 3 is 2.64 bits per heavy atom. The quantitative estimate of drug-likeness (QED) is 0.266. The molecule has 2 aromatic heterocycles. The van der Waals surface area contributed by atoms with Gasteiger partial charge in [-0.05, 0) is 51.5 Å². The first-order chi connectivity index (χ1) is 15.4. The molecule has 0 aliphatic rings. The van der Waals surface area contributed by atoms with Gasteiger partial charge in [-0.1, -0.05) is 46.3 Å². The Bertz CT molecular complexity index is 1270. The van der Waals surface area contributed by atoms with Gasteiger partial charge in [-0.3, -0.25) is 9.69 Å². The van der Waals surface area contributed by atoms with E-state index in [1.54, 1.807) is 29.7 Å². The topological polar surface area (TPSA) is 62.5 Å². The zero-order valence-corrected chi connectivity index (χ0v) is 21.9. The molecule has 0 bridgehead atoms. The lowest BCUT2D eigenvalue weighted by Gasteiger charge is -2.22. The van der Waals surface area contributed by atoms with E-state index in [9.17, 15) is 4.79 Å². The van der Waals surface area contributed by atoms with Crippen LogP contribution in [-0.4, -0.2) is 54.4 Å². The van der Waals surface area contributed by atoms with Gasteiger partial charge in [-0.15, -0.1) is 24.2 Å². The number of nitrogens with zero attached hydrogens (tertiary/aromatic N) is 4. The number of anilines is 1. The fraction of sp³-hybridized carbons (Fsp3) is 0.261. The van der Waals surface area contributed by atoms with E-state index in [2.05, 4.69) is 11.2 Å². The molecule has 1 amide bonds. The number of likely N-dealkylation sites (N-methyl/N-ethyl adjacent to an activating group) is 1. The van der Waals surface area contributed by atoms with Gasteiger partial charge in [-0.25, -0.2) is 4.98 Å². The Labute approximate surface area is 212 Å². The number of carbonyl (C=O) groups is 1. The van der Waals surface area contributed by atoms with Crippen molar-refractivity contribution in [3.8, 4) is 11.3 Å². The molecule has 10 heteroatoms. The Morgan fingerprint density at radius 1 is 1.18 bits per heavy atom. The van der Waals surface area contributed by atoms with Crippen LogP contribution in [0.25, 0.3) is 21.5 Å². The molecule has 174 valence electrons. The first kappa shape index (κ1) is 25.5. The fourth-order valence-corrected chi connectivity index (χ4v) is 5.08. The summed E-state index contributed by atoms with van der Waals surface area (Å²) in [5, 5.41) is 5.33. The van der Waals surface area contributed by atoms with Crippen molar-refractivity contribution < 1.29 is 9.32 Å². The van der Waals surface area contributed by atoms with Crippen LogP contribution in [0.4, 0.5) is 5.13 Å². The summed E-state index contributed by atoms with van der Waals surface area (Å²) in [7, 11) is 3.96. The maximum absolute atomic E-state index is 13.9. The third kappa shape index (κ3) is 5.36. The standard InChI is InChI=1S/C23H23ClN4O2S2.ClH/c1-14-20(21(26-30-14)16-7-5-6-8-17(16)24)22(29)28(12-11-27(2)3)23-25-18-10-9-15(31-4)13-19(18)32-23;/h5-10,13H,11-12H2,1-4H3;1H. The van der Waals surface area contributed by atoms with Crippen molar-refractivity contribution in [2.24, 2.45) is 0 Å². The zero-order chi connectivity index (χ0) is 22.8. The highest BCUT2D eigenvalue weighted by atomic mass is 35.5. The van der Waals surface area contributed by atoms with Gasteiger partial charge in [0.1, 0.15) is 17.0 Å². The summed E-state index contributed by atoms with van der Waals surface area (Å²) in [5.41, 5.74) is 2.38. The normalized spacial score (nSPS) is 11.1. The van der Waals surface area contributed by atoms with E-state index in [1.165, 1.54) is 11.3 Å². The van der Waals surface area contributed by atoms with E-state index in [0.717, 1.165) is 15.1 Å². The van der Waals surface area contributed by atoms with E-state index < -0.39 is 0 Å². The molecule has 2 heterocycles. The van der Waals surface area contributed by atoms with Crippen LogP contribution in [0.5, 0.6) is 0 Å². The number of hydrogen-bond acceptors (Lipinski definition) is 7. The number of halogens is 2. The number of aryl methyl sites for hydroxylation is 1. The third-order valence-corrected chi connectivity index (χ3v) is 7.13. The lowest BCUT2D eigenvalue weighted by molar-refractivity contribution is 0.0984. The van der Waals surface area contributed by atoms with Crippen LogP contribution < -0.4 is 4.90 Å². The molecule has 4 rings (SSSR count). The molecule has 0 aliphatic carbocycles. The van der Waals surface area contributed by atoms with Gasteiger partial charge in [0.2, 0.25) is 0 Å². The second-order valence-electron chi connectivity index (χ2n) is 7.53. The van der Waals surface area contributed by atoms with Gasteiger partial charge >= 0.3 is 0 Å². The van der Waals surface area contributed by atoms with E-state index in [0.29, 0.717) is 45.8 Å². The van der Waals surface area contributed by atoms with Crippen molar-refractivity contribution in [2.45, 2.75) is 11.8 Å². The summed E-state index contributed by atoms with van der Waals surface area (Å²) >= 11 is 9.59. The Hall–Kier alpha value is -2.10. The molecular weight excluding hydrogens is 499 g/mol. The molecule has 6 nitrogen and oxygen atoms in total. The highest BCUT2D eigenvalue weighted by Gasteiger charge is 2.29. The van der Waals surface area contributed by atoms with Gasteiger partial charge in [0, 0.05) is 23.5 Å². The highest BCUT2D eigenvalue weighted by Crippen LogP contribution is 2.35. The van der Waals surface area contributed by atoms with Gasteiger partial charge in [0.15, 0.2) is 5.13 Å². The molecule has 0 fully saturated rings. The number of hydrogen-bond donors (Lipinski definition) is 0. The smallest absolute Gasteiger partial charge is 0.266 e. The van der Waals surface area contributed by atoms with Crippen LogP contribution >= 0.6 is 47.1 Å². The summed E-state index contributed by atoms with van der Waals surface area (Å²) in [4.78, 5) is 23.5. The van der Waals surface area contributed by atoms with Crippen LogP contribution in [0.2, 0.25) is 5.02 Å². The molecule has 0 radical (unpaired) electrons. The number of carbonyl (C=O) groups excluding carboxylic acids is 1. The van der Waals surface area contributed by atoms with E-state index >= 15 is 0 Å². The fourth-order valence-electron chi connectivity index (χ4n) is 3.32. The monoisotopic (exact) mass is 522 g/mol. The highest BCUT2D eigenvalue weighted by molar-refractivity contribution is 7.98. The molecular formula is C23H24Cl2N4O2S2. The molecule has 0 atom stereocenters. The van der Waals surface area contributed by atoms with Crippen LogP contribution in [0.15, 0.2) is 51.9 Å². The summed E-state index contributed by atoms with van der Waals surface area (Å²) in [6.45, 7) is 2.91. The summed E-state index contributed by atoms with van der Waals surface area (Å²) in [6.07, 6.45) is 2.04. The van der Waals surface area contributed by atoms with Crippen molar-refractivity contribution in [1.82, 2.24) is 15.0 Å². The number of thiazole rings is 1. The Morgan fingerprint density at radius 2 is 1.94 bits per heavy atom. The average Bonchev–Trinajstić information content (AvgIpc) is 3.36. The molecule has 0 saturated heterocycles. The molecule has 2 aromatic carbocycles. The molecule has 4 aromatic rings. The minimum atomic E-state index is -0.204. The summed E-state index contributed by atoms with van der Waals surface area (Å²) in [6, 6.07) is 13.5. The van der Waals surface area contributed by atoms with Gasteiger partial charge in [0.05, 0.1) is 15.2 Å². The second-order valence-corrected chi connectivity index (χ2v) is 9.83. The number of benzene rings is 2. The van der Waals surface area contributed by atoms with Crippen molar-refractivity contribution in [3.05, 3.63) is 58.8 Å². The third-order valence-electron chi connectivity index (χ3n) is 5.04. The number of amides is 1. The molecule has 0 unspecified atom stereocenters. The lowest BCUT2D eigenvalue weighted by Crippen LogP contribution is -2.37. The number of fused-ring (bicyclic) bond motifs is 1. The average molecular weight is 524 g/mol. The minimum Gasteiger partial charge on any atom is -0.360 e. The molecule has 33 heavy (non-hydrogen) atoms. The summed E-state index contributed by atoms with van der Waals surface area (Å²) < 4.78 is 6.49. The molecule has 0 aliphatic heterocycles. The number of rotatable bonds is 7. The van der Waals surface area contributed by atoms with Crippen molar-refractivity contribution >= 4 is 68.4 Å². The van der Waals surface area contributed by atoms with Crippen LogP contribution in [-0.2, 0) is 0 Å². The van der Waals surface area contributed by atoms with Gasteiger partial charge in [-0.2, -0.15) is 0 Å². The molecule has 0 saturated carbocycles. The number of thioether (sulfide) groups is 1. The second kappa shape index (κ2) is 10.9. The van der Waals surface area contributed by atoms with Crippen molar-refractivity contribution in [1.29, 1.82) is 0 Å².